The minimum atomic E-state index is 0.130. The van der Waals surface area contributed by atoms with Crippen molar-refractivity contribution in [1.29, 1.82) is 0 Å². The van der Waals surface area contributed by atoms with Gasteiger partial charge in [-0.05, 0) is 25.7 Å². The zero-order chi connectivity index (χ0) is 9.78. The third kappa shape index (κ3) is 6.62. The monoisotopic (exact) mass is 173 g/mol. The van der Waals surface area contributed by atoms with E-state index in [2.05, 4.69) is 20.8 Å². The van der Waals surface area contributed by atoms with Crippen molar-refractivity contribution in [3.8, 4) is 0 Å². The molecule has 0 radical (unpaired) electrons. The Hall–Kier alpha value is -0.0800. The highest BCUT2D eigenvalue weighted by Gasteiger charge is 2.12. The lowest BCUT2D eigenvalue weighted by molar-refractivity contribution is 0.0370. The zero-order valence-corrected chi connectivity index (χ0v) is 9.05. The number of rotatable bonds is 4. The van der Waals surface area contributed by atoms with Gasteiger partial charge in [-0.25, -0.2) is 0 Å². The highest BCUT2D eigenvalue weighted by molar-refractivity contribution is 4.64. The van der Waals surface area contributed by atoms with Crippen molar-refractivity contribution in [2.45, 2.75) is 53.2 Å². The number of hydrogen-bond donors (Lipinski definition) is 1. The van der Waals surface area contributed by atoms with E-state index in [1.807, 2.05) is 13.8 Å². The Morgan fingerprint density at radius 3 is 2.08 bits per heavy atom. The summed E-state index contributed by atoms with van der Waals surface area (Å²) in [5.74, 6) is 0. The van der Waals surface area contributed by atoms with Crippen LogP contribution in [0.3, 0.4) is 0 Å². The molecule has 0 saturated carbocycles. The van der Waals surface area contributed by atoms with Crippen LogP contribution in [-0.4, -0.2) is 18.8 Å². The largest absolute Gasteiger partial charge is 0.377 e. The number of hydrogen-bond acceptors (Lipinski definition) is 2. The van der Waals surface area contributed by atoms with Gasteiger partial charge >= 0.3 is 0 Å². The molecule has 0 aliphatic heterocycles. The fourth-order valence-corrected chi connectivity index (χ4v) is 0.703. The standard InChI is InChI=1S/C10H23NO/c1-8(11)9(2)12-7-6-10(3,4)5/h8-9H,6-7,11H2,1-5H3. The molecule has 2 unspecified atom stereocenters. The second kappa shape index (κ2) is 4.83. The second-order valence-electron chi connectivity index (χ2n) is 4.75. The van der Waals surface area contributed by atoms with Crippen LogP contribution in [0.15, 0.2) is 0 Å². The zero-order valence-electron chi connectivity index (χ0n) is 9.05. The molecule has 2 N–H and O–H groups in total. The van der Waals surface area contributed by atoms with Gasteiger partial charge < -0.3 is 10.5 Å². The molecule has 0 spiro atoms. The Kier molecular flexibility index (Phi) is 4.80. The van der Waals surface area contributed by atoms with Crippen molar-refractivity contribution >= 4 is 0 Å². The molecule has 0 bridgehead atoms. The first-order valence-corrected chi connectivity index (χ1v) is 4.70. The van der Waals surface area contributed by atoms with E-state index in [1.165, 1.54) is 0 Å². The SMILES string of the molecule is CC(N)C(C)OCCC(C)(C)C. The Morgan fingerprint density at radius 1 is 1.25 bits per heavy atom. The molecule has 0 aliphatic rings. The van der Waals surface area contributed by atoms with Crippen LogP contribution in [0, 0.1) is 5.41 Å². The molecule has 0 saturated heterocycles. The van der Waals surface area contributed by atoms with E-state index in [0.717, 1.165) is 13.0 Å². The molecule has 0 aromatic rings. The topological polar surface area (TPSA) is 35.2 Å². The van der Waals surface area contributed by atoms with E-state index >= 15 is 0 Å². The van der Waals surface area contributed by atoms with Gasteiger partial charge in [0.25, 0.3) is 0 Å². The Bertz CT molecular complexity index is 115. The van der Waals surface area contributed by atoms with E-state index in [0.29, 0.717) is 5.41 Å². The summed E-state index contributed by atoms with van der Waals surface area (Å²) in [5, 5.41) is 0. The van der Waals surface area contributed by atoms with E-state index in [4.69, 9.17) is 10.5 Å². The minimum Gasteiger partial charge on any atom is -0.377 e. The Morgan fingerprint density at radius 2 is 1.75 bits per heavy atom. The third-order valence-corrected chi connectivity index (χ3v) is 1.97. The van der Waals surface area contributed by atoms with Crippen LogP contribution in [0.25, 0.3) is 0 Å². The first kappa shape index (κ1) is 11.9. The fraction of sp³-hybridized carbons (Fsp3) is 1.00. The van der Waals surface area contributed by atoms with Crippen molar-refractivity contribution in [2.75, 3.05) is 6.61 Å². The second-order valence-corrected chi connectivity index (χ2v) is 4.75. The minimum absolute atomic E-state index is 0.130. The molecule has 0 aliphatic carbocycles. The van der Waals surface area contributed by atoms with Gasteiger partial charge in [0, 0.05) is 12.6 Å². The summed E-state index contributed by atoms with van der Waals surface area (Å²) in [6.07, 6.45) is 1.26. The lowest BCUT2D eigenvalue weighted by Gasteiger charge is -2.21. The Labute approximate surface area is 76.5 Å². The summed E-state index contributed by atoms with van der Waals surface area (Å²) in [7, 11) is 0. The summed E-state index contributed by atoms with van der Waals surface area (Å²) in [6, 6.07) is 0.130. The van der Waals surface area contributed by atoms with Gasteiger partial charge in [0.05, 0.1) is 6.10 Å². The third-order valence-electron chi connectivity index (χ3n) is 1.97. The summed E-state index contributed by atoms with van der Waals surface area (Å²) in [5.41, 5.74) is 6.02. The molecule has 0 fully saturated rings. The lowest BCUT2D eigenvalue weighted by Crippen LogP contribution is -2.32. The first-order chi connectivity index (χ1) is 5.33. The fourth-order valence-electron chi connectivity index (χ4n) is 0.703. The predicted octanol–water partition coefficient (Wildman–Crippen LogP) is 2.17. The molecule has 74 valence electrons. The molecule has 12 heavy (non-hydrogen) atoms. The number of nitrogens with two attached hydrogens (primary N) is 1. The highest BCUT2D eigenvalue weighted by Crippen LogP contribution is 2.18. The van der Waals surface area contributed by atoms with Crippen LogP contribution in [0.5, 0.6) is 0 Å². The maximum Gasteiger partial charge on any atom is 0.0695 e. The van der Waals surface area contributed by atoms with Gasteiger partial charge in [0.2, 0.25) is 0 Å². The van der Waals surface area contributed by atoms with Crippen molar-refractivity contribution < 1.29 is 4.74 Å². The molecule has 0 heterocycles. The normalized spacial score (nSPS) is 17.5. The van der Waals surface area contributed by atoms with Gasteiger partial charge in [-0.2, -0.15) is 0 Å². The summed E-state index contributed by atoms with van der Waals surface area (Å²) in [4.78, 5) is 0. The van der Waals surface area contributed by atoms with E-state index in [-0.39, 0.29) is 12.1 Å². The first-order valence-electron chi connectivity index (χ1n) is 4.70. The van der Waals surface area contributed by atoms with Crippen LogP contribution >= 0.6 is 0 Å². The molecule has 2 heteroatoms. The molecule has 0 aromatic carbocycles. The van der Waals surface area contributed by atoms with E-state index in [1.54, 1.807) is 0 Å². The maximum atomic E-state index is 5.66. The van der Waals surface area contributed by atoms with Crippen molar-refractivity contribution in [3.05, 3.63) is 0 Å². The lowest BCUT2D eigenvalue weighted by atomic mass is 9.93. The van der Waals surface area contributed by atoms with E-state index in [9.17, 15) is 0 Å². The average Bonchev–Trinajstić information content (AvgIpc) is 1.84. The molecule has 2 nitrogen and oxygen atoms in total. The molecular weight excluding hydrogens is 150 g/mol. The summed E-state index contributed by atoms with van der Waals surface area (Å²) < 4.78 is 5.55. The molecule has 0 aromatic heterocycles. The van der Waals surface area contributed by atoms with Gasteiger partial charge in [-0.1, -0.05) is 20.8 Å². The van der Waals surface area contributed by atoms with Crippen LogP contribution in [0.4, 0.5) is 0 Å². The summed E-state index contributed by atoms with van der Waals surface area (Å²) >= 11 is 0. The smallest absolute Gasteiger partial charge is 0.0695 e. The van der Waals surface area contributed by atoms with Crippen LogP contribution in [-0.2, 0) is 4.74 Å². The maximum absolute atomic E-state index is 5.66. The van der Waals surface area contributed by atoms with Crippen molar-refractivity contribution in [3.63, 3.8) is 0 Å². The molecule has 0 rings (SSSR count). The van der Waals surface area contributed by atoms with Crippen molar-refractivity contribution in [2.24, 2.45) is 11.1 Å². The molecule has 2 atom stereocenters. The van der Waals surface area contributed by atoms with Crippen LogP contribution < -0.4 is 5.73 Å². The number of ether oxygens (including phenoxy) is 1. The van der Waals surface area contributed by atoms with Gasteiger partial charge in [0.15, 0.2) is 0 Å². The predicted molar refractivity (Wildman–Crippen MR) is 53.1 cm³/mol. The van der Waals surface area contributed by atoms with Crippen LogP contribution in [0.2, 0.25) is 0 Å². The van der Waals surface area contributed by atoms with E-state index < -0.39 is 0 Å². The highest BCUT2D eigenvalue weighted by atomic mass is 16.5. The molecular formula is C10H23NO. The van der Waals surface area contributed by atoms with Crippen LogP contribution in [0.1, 0.15) is 41.0 Å². The quantitative estimate of drug-likeness (QED) is 0.707. The molecule has 0 amide bonds. The Balaban J connectivity index is 3.44. The van der Waals surface area contributed by atoms with Gasteiger partial charge in [0.1, 0.15) is 0 Å². The summed E-state index contributed by atoms with van der Waals surface area (Å²) in [6.45, 7) is 11.5. The van der Waals surface area contributed by atoms with Gasteiger partial charge in [-0.3, -0.25) is 0 Å². The van der Waals surface area contributed by atoms with Gasteiger partial charge in [-0.15, -0.1) is 0 Å². The van der Waals surface area contributed by atoms with Crippen molar-refractivity contribution in [1.82, 2.24) is 0 Å². The average molecular weight is 173 g/mol.